The van der Waals surface area contributed by atoms with Crippen LogP contribution in [0.5, 0.6) is 0 Å². The third-order valence-corrected chi connectivity index (χ3v) is 3.35. The SMILES string of the molecule is N#CCc1cc(NCC2CCOCC2)ccc1N. The predicted octanol–water partition coefficient (Wildman–Crippen LogP) is 2.17. The van der Waals surface area contributed by atoms with Crippen molar-refractivity contribution in [2.45, 2.75) is 19.3 Å². The molecule has 0 spiro atoms. The second kappa shape index (κ2) is 6.27. The van der Waals surface area contributed by atoms with E-state index in [4.69, 9.17) is 15.7 Å². The highest BCUT2D eigenvalue weighted by molar-refractivity contribution is 5.58. The van der Waals surface area contributed by atoms with E-state index in [0.29, 0.717) is 18.0 Å². The van der Waals surface area contributed by atoms with Crippen molar-refractivity contribution in [1.29, 1.82) is 5.26 Å². The lowest BCUT2D eigenvalue weighted by molar-refractivity contribution is 0.0699. The highest BCUT2D eigenvalue weighted by atomic mass is 16.5. The Kier molecular flexibility index (Phi) is 4.43. The third-order valence-electron chi connectivity index (χ3n) is 3.35. The van der Waals surface area contributed by atoms with E-state index in [0.717, 1.165) is 43.9 Å². The zero-order valence-electron chi connectivity index (χ0n) is 10.5. The molecule has 0 aromatic heterocycles. The molecular formula is C14H19N3O. The normalized spacial score (nSPS) is 16.2. The molecule has 2 rings (SSSR count). The number of nitrogen functional groups attached to an aromatic ring is 1. The summed E-state index contributed by atoms with van der Waals surface area (Å²) in [4.78, 5) is 0. The lowest BCUT2D eigenvalue weighted by Gasteiger charge is -2.22. The Morgan fingerprint density at radius 3 is 2.89 bits per heavy atom. The van der Waals surface area contributed by atoms with E-state index in [1.54, 1.807) is 0 Å². The predicted molar refractivity (Wildman–Crippen MR) is 72.2 cm³/mol. The van der Waals surface area contributed by atoms with Crippen molar-refractivity contribution in [3.05, 3.63) is 23.8 Å². The van der Waals surface area contributed by atoms with Crippen molar-refractivity contribution >= 4 is 11.4 Å². The second-order valence-electron chi connectivity index (χ2n) is 4.69. The Hall–Kier alpha value is -1.73. The Morgan fingerprint density at radius 2 is 2.17 bits per heavy atom. The van der Waals surface area contributed by atoms with Crippen molar-refractivity contribution in [3.63, 3.8) is 0 Å². The first-order chi connectivity index (χ1) is 8.79. The zero-order valence-corrected chi connectivity index (χ0v) is 10.5. The second-order valence-corrected chi connectivity index (χ2v) is 4.69. The molecule has 0 bridgehead atoms. The van der Waals surface area contributed by atoms with Gasteiger partial charge in [0, 0.05) is 31.1 Å². The van der Waals surface area contributed by atoms with Crippen LogP contribution >= 0.6 is 0 Å². The van der Waals surface area contributed by atoms with Crippen molar-refractivity contribution in [3.8, 4) is 6.07 Å². The number of ether oxygens (including phenoxy) is 1. The summed E-state index contributed by atoms with van der Waals surface area (Å²) in [5, 5.41) is 12.1. The first-order valence-electron chi connectivity index (χ1n) is 6.36. The quantitative estimate of drug-likeness (QED) is 0.797. The van der Waals surface area contributed by atoms with Crippen molar-refractivity contribution in [2.24, 2.45) is 5.92 Å². The summed E-state index contributed by atoms with van der Waals surface area (Å²) in [5.41, 5.74) is 8.45. The molecule has 3 N–H and O–H groups in total. The molecule has 1 saturated heterocycles. The van der Waals surface area contributed by atoms with E-state index in [-0.39, 0.29) is 0 Å². The van der Waals surface area contributed by atoms with Gasteiger partial charge in [0.15, 0.2) is 0 Å². The average molecular weight is 245 g/mol. The number of anilines is 2. The van der Waals surface area contributed by atoms with Crippen LogP contribution in [0.4, 0.5) is 11.4 Å². The zero-order chi connectivity index (χ0) is 12.8. The molecule has 1 aliphatic rings. The molecule has 0 unspecified atom stereocenters. The maximum absolute atomic E-state index is 8.73. The molecule has 0 atom stereocenters. The Balaban J connectivity index is 1.92. The molecule has 96 valence electrons. The minimum atomic E-state index is 0.360. The first kappa shape index (κ1) is 12.7. The molecule has 18 heavy (non-hydrogen) atoms. The minimum absolute atomic E-state index is 0.360. The van der Waals surface area contributed by atoms with E-state index < -0.39 is 0 Å². The first-order valence-corrected chi connectivity index (χ1v) is 6.36. The fraction of sp³-hybridized carbons (Fsp3) is 0.500. The monoisotopic (exact) mass is 245 g/mol. The van der Waals surface area contributed by atoms with E-state index in [2.05, 4.69) is 11.4 Å². The van der Waals surface area contributed by atoms with Crippen LogP contribution in [0.1, 0.15) is 18.4 Å². The summed E-state index contributed by atoms with van der Waals surface area (Å²) in [6, 6.07) is 7.93. The van der Waals surface area contributed by atoms with Crippen LogP contribution in [-0.4, -0.2) is 19.8 Å². The van der Waals surface area contributed by atoms with Gasteiger partial charge in [-0.05, 0) is 42.5 Å². The smallest absolute Gasteiger partial charge is 0.0670 e. The van der Waals surface area contributed by atoms with Gasteiger partial charge in [0.1, 0.15) is 0 Å². The number of nitrogens with zero attached hydrogens (tertiary/aromatic N) is 1. The van der Waals surface area contributed by atoms with Gasteiger partial charge in [0.05, 0.1) is 12.5 Å². The van der Waals surface area contributed by atoms with Crippen LogP contribution in [0.15, 0.2) is 18.2 Å². The molecular weight excluding hydrogens is 226 g/mol. The Bertz CT molecular complexity index is 433. The number of hydrogen-bond acceptors (Lipinski definition) is 4. The lowest BCUT2D eigenvalue weighted by Crippen LogP contribution is -2.22. The standard InChI is InChI=1S/C14H19N3O/c15-6-3-12-9-13(1-2-14(12)16)17-10-11-4-7-18-8-5-11/h1-2,9,11,17H,3-5,7-8,10,16H2. The topological polar surface area (TPSA) is 71.1 Å². The Labute approximate surface area is 108 Å². The van der Waals surface area contributed by atoms with E-state index in [1.165, 1.54) is 0 Å². The minimum Gasteiger partial charge on any atom is -0.398 e. The maximum Gasteiger partial charge on any atom is 0.0670 e. The fourth-order valence-electron chi connectivity index (χ4n) is 2.17. The average Bonchev–Trinajstić information content (AvgIpc) is 2.41. The largest absolute Gasteiger partial charge is 0.398 e. The summed E-state index contributed by atoms with van der Waals surface area (Å²) in [6.45, 7) is 2.70. The van der Waals surface area contributed by atoms with Gasteiger partial charge in [0.2, 0.25) is 0 Å². The number of hydrogen-bond donors (Lipinski definition) is 2. The van der Waals surface area contributed by atoms with Gasteiger partial charge in [-0.3, -0.25) is 0 Å². The number of nitriles is 1. The Morgan fingerprint density at radius 1 is 1.39 bits per heavy atom. The molecule has 4 nitrogen and oxygen atoms in total. The van der Waals surface area contributed by atoms with Crippen LogP contribution in [0.3, 0.4) is 0 Å². The fourth-order valence-corrected chi connectivity index (χ4v) is 2.17. The van der Waals surface area contributed by atoms with Crippen molar-refractivity contribution in [1.82, 2.24) is 0 Å². The summed E-state index contributed by atoms with van der Waals surface area (Å²) in [6.07, 6.45) is 2.60. The molecule has 1 heterocycles. The summed E-state index contributed by atoms with van der Waals surface area (Å²) in [5.74, 6) is 0.677. The van der Waals surface area contributed by atoms with Gasteiger partial charge >= 0.3 is 0 Å². The van der Waals surface area contributed by atoms with E-state index >= 15 is 0 Å². The lowest BCUT2D eigenvalue weighted by atomic mass is 10.0. The molecule has 1 aliphatic heterocycles. The van der Waals surface area contributed by atoms with Gasteiger partial charge in [0.25, 0.3) is 0 Å². The number of nitrogens with one attached hydrogen (secondary N) is 1. The van der Waals surface area contributed by atoms with E-state index in [9.17, 15) is 0 Å². The molecule has 1 fully saturated rings. The van der Waals surface area contributed by atoms with Crippen LogP contribution in [0.2, 0.25) is 0 Å². The molecule has 1 aromatic rings. The van der Waals surface area contributed by atoms with E-state index in [1.807, 2.05) is 18.2 Å². The van der Waals surface area contributed by atoms with Crippen LogP contribution in [-0.2, 0) is 11.2 Å². The molecule has 1 aromatic carbocycles. The van der Waals surface area contributed by atoms with Gasteiger partial charge < -0.3 is 15.8 Å². The van der Waals surface area contributed by atoms with Crippen LogP contribution in [0, 0.1) is 17.2 Å². The van der Waals surface area contributed by atoms with Gasteiger partial charge in [-0.1, -0.05) is 0 Å². The third kappa shape index (κ3) is 3.38. The van der Waals surface area contributed by atoms with Crippen LogP contribution in [0.25, 0.3) is 0 Å². The summed E-state index contributed by atoms with van der Waals surface area (Å²) in [7, 11) is 0. The highest BCUT2D eigenvalue weighted by Crippen LogP contribution is 2.20. The van der Waals surface area contributed by atoms with Crippen molar-refractivity contribution in [2.75, 3.05) is 30.8 Å². The molecule has 0 saturated carbocycles. The molecule has 0 aliphatic carbocycles. The van der Waals surface area contributed by atoms with Crippen LogP contribution < -0.4 is 11.1 Å². The molecule has 0 radical (unpaired) electrons. The number of rotatable bonds is 4. The molecule has 0 amide bonds. The number of nitrogens with two attached hydrogens (primary N) is 1. The van der Waals surface area contributed by atoms with Gasteiger partial charge in [-0.2, -0.15) is 5.26 Å². The highest BCUT2D eigenvalue weighted by Gasteiger charge is 2.13. The number of benzene rings is 1. The van der Waals surface area contributed by atoms with Gasteiger partial charge in [-0.15, -0.1) is 0 Å². The van der Waals surface area contributed by atoms with Gasteiger partial charge in [-0.25, -0.2) is 0 Å². The maximum atomic E-state index is 8.73. The molecule has 4 heteroatoms. The summed E-state index contributed by atoms with van der Waals surface area (Å²) < 4.78 is 5.34. The van der Waals surface area contributed by atoms with Crippen molar-refractivity contribution < 1.29 is 4.74 Å². The summed E-state index contributed by atoms with van der Waals surface area (Å²) >= 11 is 0.